The second-order valence-electron chi connectivity index (χ2n) is 3.92. The minimum absolute atomic E-state index is 0.00702. The van der Waals surface area contributed by atoms with Gasteiger partial charge in [0.1, 0.15) is 6.67 Å². The van der Waals surface area contributed by atoms with E-state index in [4.69, 9.17) is 5.73 Å². The van der Waals surface area contributed by atoms with Crippen molar-refractivity contribution in [2.24, 2.45) is 0 Å². The Balaban J connectivity index is 2.42. The topological polar surface area (TPSA) is 46.3 Å². The summed E-state index contributed by atoms with van der Waals surface area (Å²) < 4.78 is 12.5. The Bertz CT molecular complexity index is 439. The minimum Gasteiger partial charge on any atom is -0.399 e. The Morgan fingerprint density at radius 2 is 2.29 bits per heavy atom. The Morgan fingerprint density at radius 3 is 2.94 bits per heavy atom. The van der Waals surface area contributed by atoms with Crippen LogP contribution in [0.2, 0.25) is 0 Å². The fourth-order valence-electron chi connectivity index (χ4n) is 1.92. The van der Waals surface area contributed by atoms with Gasteiger partial charge in [0, 0.05) is 10.6 Å². The third-order valence-electron chi connectivity index (χ3n) is 2.76. The third kappa shape index (κ3) is 2.24. The Morgan fingerprint density at radius 1 is 1.53 bits per heavy atom. The summed E-state index contributed by atoms with van der Waals surface area (Å²) in [6, 6.07) is 5.38. The lowest BCUT2D eigenvalue weighted by molar-refractivity contribution is -0.118. The Labute approximate surface area is 104 Å². The summed E-state index contributed by atoms with van der Waals surface area (Å²) >= 11 is 1.52. The second-order valence-corrected chi connectivity index (χ2v) is 5.17. The predicted octanol–water partition coefficient (Wildman–Crippen LogP) is 2.46. The fraction of sp³-hybridized carbons (Fsp3) is 0.417. The molecule has 2 rings (SSSR count). The first-order chi connectivity index (χ1) is 8.17. The lowest BCUT2D eigenvalue weighted by Gasteiger charge is -2.32. The van der Waals surface area contributed by atoms with E-state index < -0.39 is 6.67 Å². The van der Waals surface area contributed by atoms with Crippen molar-refractivity contribution in [3.05, 3.63) is 18.2 Å². The van der Waals surface area contributed by atoms with Gasteiger partial charge in [-0.1, -0.05) is 6.92 Å². The van der Waals surface area contributed by atoms with Crippen molar-refractivity contribution in [2.45, 2.75) is 23.5 Å². The lowest BCUT2D eigenvalue weighted by Crippen LogP contribution is -2.41. The van der Waals surface area contributed by atoms with Crippen molar-refractivity contribution in [1.82, 2.24) is 0 Å². The predicted molar refractivity (Wildman–Crippen MR) is 69.1 cm³/mol. The van der Waals surface area contributed by atoms with Gasteiger partial charge in [-0.05, 0) is 24.6 Å². The Hall–Kier alpha value is -1.23. The highest BCUT2D eigenvalue weighted by Crippen LogP contribution is 2.41. The van der Waals surface area contributed by atoms with Gasteiger partial charge < -0.3 is 10.6 Å². The van der Waals surface area contributed by atoms with Gasteiger partial charge in [0.25, 0.3) is 0 Å². The van der Waals surface area contributed by atoms with E-state index in [0.29, 0.717) is 5.69 Å². The summed E-state index contributed by atoms with van der Waals surface area (Å²) in [4.78, 5) is 14.6. The standard InChI is InChI=1S/C12H15FN2OS/c1-2-10-12(16)15(6-5-13)9-4-3-8(14)7-11(9)17-10/h3-4,7,10H,2,5-6,14H2,1H3. The number of nitrogen functional groups attached to an aromatic ring is 1. The van der Waals surface area contributed by atoms with Crippen LogP contribution < -0.4 is 10.6 Å². The van der Waals surface area contributed by atoms with Crippen LogP contribution in [0.4, 0.5) is 15.8 Å². The molecule has 0 spiro atoms. The van der Waals surface area contributed by atoms with Crippen LogP contribution in [0.1, 0.15) is 13.3 Å². The Kier molecular flexibility index (Phi) is 3.57. The van der Waals surface area contributed by atoms with Gasteiger partial charge in [-0.2, -0.15) is 0 Å². The van der Waals surface area contributed by atoms with Gasteiger partial charge in [0.2, 0.25) is 5.91 Å². The number of nitrogens with zero attached hydrogens (tertiary/aromatic N) is 1. The SMILES string of the molecule is CCC1Sc2cc(N)ccc2N(CCF)C1=O. The number of carbonyl (C=O) groups is 1. The summed E-state index contributed by atoms with van der Waals surface area (Å²) in [6.07, 6.45) is 0.737. The highest BCUT2D eigenvalue weighted by molar-refractivity contribution is 8.01. The van der Waals surface area contributed by atoms with Crippen molar-refractivity contribution in [3.8, 4) is 0 Å². The van der Waals surface area contributed by atoms with Crippen molar-refractivity contribution in [2.75, 3.05) is 23.9 Å². The van der Waals surface area contributed by atoms with Gasteiger partial charge in [-0.3, -0.25) is 4.79 Å². The van der Waals surface area contributed by atoms with Crippen LogP contribution in [0.3, 0.4) is 0 Å². The molecule has 1 aromatic rings. The van der Waals surface area contributed by atoms with E-state index in [-0.39, 0.29) is 17.7 Å². The first-order valence-corrected chi connectivity index (χ1v) is 6.49. The molecule has 0 aromatic heterocycles. The van der Waals surface area contributed by atoms with Crippen molar-refractivity contribution >= 4 is 29.0 Å². The highest BCUT2D eigenvalue weighted by atomic mass is 32.2. The molecule has 92 valence electrons. The molecule has 0 aliphatic carbocycles. The monoisotopic (exact) mass is 254 g/mol. The average Bonchev–Trinajstić information content (AvgIpc) is 2.32. The molecule has 0 radical (unpaired) electrons. The maximum Gasteiger partial charge on any atom is 0.240 e. The van der Waals surface area contributed by atoms with Crippen LogP contribution >= 0.6 is 11.8 Å². The van der Waals surface area contributed by atoms with Gasteiger partial charge in [0.05, 0.1) is 17.5 Å². The van der Waals surface area contributed by atoms with Gasteiger partial charge in [0.15, 0.2) is 0 Å². The average molecular weight is 254 g/mol. The molecule has 5 heteroatoms. The zero-order valence-electron chi connectivity index (χ0n) is 9.65. The van der Waals surface area contributed by atoms with Crippen LogP contribution in [-0.2, 0) is 4.79 Å². The van der Waals surface area contributed by atoms with Crippen molar-refractivity contribution in [3.63, 3.8) is 0 Å². The van der Waals surface area contributed by atoms with Gasteiger partial charge >= 0.3 is 0 Å². The number of rotatable bonds is 3. The summed E-state index contributed by atoms with van der Waals surface area (Å²) in [5, 5.41) is -0.129. The zero-order valence-corrected chi connectivity index (χ0v) is 10.5. The van der Waals surface area contributed by atoms with Crippen molar-refractivity contribution < 1.29 is 9.18 Å². The van der Waals surface area contributed by atoms with E-state index in [1.54, 1.807) is 12.1 Å². The molecular weight excluding hydrogens is 239 g/mol. The molecule has 0 saturated heterocycles. The maximum atomic E-state index is 12.5. The number of hydrogen-bond acceptors (Lipinski definition) is 3. The van der Waals surface area contributed by atoms with Crippen LogP contribution in [-0.4, -0.2) is 24.4 Å². The van der Waals surface area contributed by atoms with E-state index >= 15 is 0 Å². The number of benzene rings is 1. The molecule has 1 aromatic carbocycles. The molecule has 0 bridgehead atoms. The quantitative estimate of drug-likeness (QED) is 0.843. The number of halogens is 1. The molecule has 1 atom stereocenters. The van der Waals surface area contributed by atoms with Crippen LogP contribution in [0.25, 0.3) is 0 Å². The van der Waals surface area contributed by atoms with E-state index in [1.807, 2.05) is 13.0 Å². The number of alkyl halides is 1. The van der Waals surface area contributed by atoms with Crippen LogP contribution in [0, 0.1) is 0 Å². The first-order valence-electron chi connectivity index (χ1n) is 5.61. The number of fused-ring (bicyclic) bond motifs is 1. The normalized spacial score (nSPS) is 19.3. The molecule has 1 amide bonds. The third-order valence-corrected chi connectivity index (χ3v) is 4.16. The number of hydrogen-bond donors (Lipinski definition) is 1. The molecular formula is C12H15FN2OS. The minimum atomic E-state index is -0.531. The van der Waals surface area contributed by atoms with E-state index in [1.165, 1.54) is 16.7 Å². The largest absolute Gasteiger partial charge is 0.399 e. The summed E-state index contributed by atoms with van der Waals surface area (Å²) in [5.41, 5.74) is 7.17. The lowest BCUT2D eigenvalue weighted by atomic mass is 10.2. The number of nitrogens with two attached hydrogens (primary N) is 1. The van der Waals surface area contributed by atoms with E-state index in [0.717, 1.165) is 17.0 Å². The fourth-order valence-corrected chi connectivity index (χ4v) is 3.12. The first kappa shape index (κ1) is 12.2. The number of amides is 1. The van der Waals surface area contributed by atoms with Crippen LogP contribution in [0.15, 0.2) is 23.1 Å². The molecule has 3 nitrogen and oxygen atoms in total. The maximum absolute atomic E-state index is 12.5. The second kappa shape index (κ2) is 4.96. The number of thioether (sulfide) groups is 1. The van der Waals surface area contributed by atoms with Gasteiger partial charge in [-0.15, -0.1) is 11.8 Å². The van der Waals surface area contributed by atoms with Crippen molar-refractivity contribution in [1.29, 1.82) is 0 Å². The molecule has 1 aliphatic heterocycles. The van der Waals surface area contributed by atoms with Gasteiger partial charge in [-0.25, -0.2) is 4.39 Å². The molecule has 1 unspecified atom stereocenters. The zero-order chi connectivity index (χ0) is 12.4. The molecule has 0 fully saturated rings. The van der Waals surface area contributed by atoms with E-state index in [9.17, 15) is 9.18 Å². The number of anilines is 2. The molecule has 1 aliphatic rings. The molecule has 0 saturated carbocycles. The molecule has 1 heterocycles. The van der Waals surface area contributed by atoms with Crippen LogP contribution in [0.5, 0.6) is 0 Å². The highest BCUT2D eigenvalue weighted by Gasteiger charge is 2.32. The molecule has 2 N–H and O–H groups in total. The van der Waals surface area contributed by atoms with E-state index in [2.05, 4.69) is 0 Å². The smallest absolute Gasteiger partial charge is 0.240 e. The summed E-state index contributed by atoms with van der Waals surface area (Å²) in [5.74, 6) is -0.00702. The molecule has 17 heavy (non-hydrogen) atoms. The number of carbonyl (C=O) groups excluding carboxylic acids is 1. The summed E-state index contributed by atoms with van der Waals surface area (Å²) in [7, 11) is 0. The summed E-state index contributed by atoms with van der Waals surface area (Å²) in [6.45, 7) is 1.55.